The molecule has 2 heterocycles. The normalized spacial score (nSPS) is 21.6. The number of hydrogen-bond donors (Lipinski definition) is 2. The van der Waals surface area contributed by atoms with Gasteiger partial charge in [0.2, 0.25) is 5.95 Å². The van der Waals surface area contributed by atoms with E-state index in [0.29, 0.717) is 5.95 Å². The van der Waals surface area contributed by atoms with Crippen molar-refractivity contribution >= 4 is 5.95 Å². The largest absolute Gasteiger partial charge is 0.341 e. The second kappa shape index (κ2) is 3.42. The van der Waals surface area contributed by atoms with Gasteiger partial charge in [-0.05, 0) is 13.3 Å². The molecule has 0 bridgehead atoms. The fourth-order valence-corrected chi connectivity index (χ4v) is 1.69. The number of nitrogens with zero attached hydrogens (tertiary/aromatic N) is 2. The van der Waals surface area contributed by atoms with Crippen molar-refractivity contribution in [2.24, 2.45) is 5.73 Å². The maximum atomic E-state index is 11.2. The van der Waals surface area contributed by atoms with E-state index in [1.165, 1.54) is 6.07 Å². The molecular formula is C9H14N4O. The number of nitrogens with two attached hydrogens (primary N) is 1. The molecule has 1 aliphatic heterocycles. The lowest BCUT2D eigenvalue weighted by atomic mass is 10.3. The van der Waals surface area contributed by atoms with Gasteiger partial charge in [-0.1, -0.05) is 0 Å². The molecule has 0 spiro atoms. The monoisotopic (exact) mass is 194 g/mol. The lowest BCUT2D eigenvalue weighted by Crippen LogP contribution is -2.29. The summed E-state index contributed by atoms with van der Waals surface area (Å²) in [4.78, 5) is 20.2. The minimum Gasteiger partial charge on any atom is -0.341 e. The molecule has 5 heteroatoms. The average Bonchev–Trinajstić information content (AvgIpc) is 2.50. The van der Waals surface area contributed by atoms with Crippen LogP contribution in [0.3, 0.4) is 0 Å². The Bertz CT molecular complexity index is 387. The van der Waals surface area contributed by atoms with Crippen molar-refractivity contribution in [3.05, 3.63) is 22.1 Å². The van der Waals surface area contributed by atoms with Gasteiger partial charge >= 0.3 is 0 Å². The number of aromatic amines is 1. The van der Waals surface area contributed by atoms with Gasteiger partial charge < -0.3 is 10.6 Å². The highest BCUT2D eigenvalue weighted by Crippen LogP contribution is 2.13. The fraction of sp³-hybridized carbons (Fsp3) is 0.556. The van der Waals surface area contributed by atoms with E-state index in [-0.39, 0.29) is 11.6 Å². The van der Waals surface area contributed by atoms with Crippen LogP contribution in [0.4, 0.5) is 5.95 Å². The van der Waals surface area contributed by atoms with Crippen LogP contribution in [0.2, 0.25) is 0 Å². The highest BCUT2D eigenvalue weighted by atomic mass is 16.1. The zero-order valence-corrected chi connectivity index (χ0v) is 8.16. The lowest BCUT2D eigenvalue weighted by Gasteiger charge is -2.15. The zero-order chi connectivity index (χ0) is 10.1. The average molecular weight is 194 g/mol. The maximum absolute atomic E-state index is 11.2. The van der Waals surface area contributed by atoms with E-state index in [2.05, 4.69) is 9.97 Å². The number of anilines is 1. The molecule has 0 aromatic carbocycles. The summed E-state index contributed by atoms with van der Waals surface area (Å²) in [6.07, 6.45) is 0.956. The van der Waals surface area contributed by atoms with Gasteiger partial charge in [0.25, 0.3) is 5.56 Å². The molecule has 1 aromatic heterocycles. The van der Waals surface area contributed by atoms with Crippen LogP contribution in [-0.2, 0) is 0 Å². The Balaban J connectivity index is 2.28. The minimum absolute atomic E-state index is 0.104. The Morgan fingerprint density at radius 1 is 1.71 bits per heavy atom. The molecule has 1 fully saturated rings. The number of hydrogen-bond acceptors (Lipinski definition) is 4. The molecule has 76 valence electrons. The van der Waals surface area contributed by atoms with Gasteiger partial charge in [0, 0.05) is 30.9 Å². The number of aryl methyl sites for hydroxylation is 1. The second-order valence-electron chi connectivity index (χ2n) is 3.71. The van der Waals surface area contributed by atoms with Gasteiger partial charge in [-0.25, -0.2) is 4.98 Å². The van der Waals surface area contributed by atoms with E-state index in [0.717, 1.165) is 25.2 Å². The third kappa shape index (κ3) is 1.77. The second-order valence-corrected chi connectivity index (χ2v) is 3.71. The summed E-state index contributed by atoms with van der Waals surface area (Å²) >= 11 is 0. The van der Waals surface area contributed by atoms with Crippen LogP contribution >= 0.6 is 0 Å². The molecule has 5 nitrogen and oxygen atoms in total. The smallest absolute Gasteiger partial charge is 0.252 e. The first kappa shape index (κ1) is 9.21. The van der Waals surface area contributed by atoms with Crippen molar-refractivity contribution in [2.45, 2.75) is 19.4 Å². The van der Waals surface area contributed by atoms with Crippen molar-refractivity contribution in [1.29, 1.82) is 0 Å². The van der Waals surface area contributed by atoms with Crippen molar-refractivity contribution in [3.8, 4) is 0 Å². The summed E-state index contributed by atoms with van der Waals surface area (Å²) in [5, 5.41) is 0. The zero-order valence-electron chi connectivity index (χ0n) is 8.16. The van der Waals surface area contributed by atoms with Crippen LogP contribution in [0.15, 0.2) is 10.9 Å². The van der Waals surface area contributed by atoms with Gasteiger partial charge in [-0.3, -0.25) is 9.78 Å². The summed E-state index contributed by atoms with van der Waals surface area (Å²) in [7, 11) is 0. The van der Waals surface area contributed by atoms with Crippen molar-refractivity contribution in [3.63, 3.8) is 0 Å². The SMILES string of the molecule is Cc1cc(=O)[nH]c(N2CCC(N)C2)n1. The minimum atomic E-state index is -0.104. The van der Waals surface area contributed by atoms with E-state index in [9.17, 15) is 4.79 Å². The Morgan fingerprint density at radius 2 is 2.50 bits per heavy atom. The Kier molecular flexibility index (Phi) is 2.25. The fourth-order valence-electron chi connectivity index (χ4n) is 1.69. The maximum Gasteiger partial charge on any atom is 0.252 e. The Labute approximate surface area is 82.0 Å². The van der Waals surface area contributed by atoms with Crippen LogP contribution in [0.25, 0.3) is 0 Å². The lowest BCUT2D eigenvalue weighted by molar-refractivity contribution is 0.749. The molecule has 1 aliphatic rings. The van der Waals surface area contributed by atoms with E-state index >= 15 is 0 Å². The van der Waals surface area contributed by atoms with Gasteiger partial charge in [-0.15, -0.1) is 0 Å². The quantitative estimate of drug-likeness (QED) is 0.638. The first-order chi connectivity index (χ1) is 6.65. The van der Waals surface area contributed by atoms with Gasteiger partial charge in [0.1, 0.15) is 0 Å². The summed E-state index contributed by atoms with van der Waals surface area (Å²) in [6, 6.07) is 1.68. The van der Waals surface area contributed by atoms with Crippen LogP contribution in [-0.4, -0.2) is 29.1 Å². The van der Waals surface area contributed by atoms with Crippen molar-refractivity contribution in [2.75, 3.05) is 18.0 Å². The summed E-state index contributed by atoms with van der Waals surface area (Å²) in [5.41, 5.74) is 6.41. The molecule has 1 aromatic rings. The number of nitrogens with one attached hydrogen (secondary N) is 1. The summed E-state index contributed by atoms with van der Waals surface area (Å²) in [6.45, 7) is 3.45. The van der Waals surface area contributed by atoms with E-state index < -0.39 is 0 Å². The first-order valence-corrected chi connectivity index (χ1v) is 4.73. The highest BCUT2D eigenvalue weighted by Gasteiger charge is 2.20. The number of H-pyrrole nitrogens is 1. The van der Waals surface area contributed by atoms with Gasteiger partial charge in [0.05, 0.1) is 0 Å². The third-order valence-electron chi connectivity index (χ3n) is 2.38. The standard InChI is InChI=1S/C9H14N4O/c1-6-4-8(14)12-9(11-6)13-3-2-7(10)5-13/h4,7H,2-3,5,10H2,1H3,(H,11,12,14). The highest BCUT2D eigenvalue weighted by molar-refractivity contribution is 5.32. The Morgan fingerprint density at radius 3 is 3.07 bits per heavy atom. The van der Waals surface area contributed by atoms with Crippen molar-refractivity contribution < 1.29 is 0 Å². The van der Waals surface area contributed by atoms with Crippen molar-refractivity contribution in [1.82, 2.24) is 9.97 Å². The van der Waals surface area contributed by atoms with Crippen LogP contribution in [0.5, 0.6) is 0 Å². The third-order valence-corrected chi connectivity index (χ3v) is 2.38. The molecule has 1 atom stereocenters. The molecule has 0 radical (unpaired) electrons. The Hall–Kier alpha value is -1.36. The molecule has 3 N–H and O–H groups in total. The molecule has 0 aliphatic carbocycles. The van der Waals surface area contributed by atoms with Crippen LogP contribution in [0, 0.1) is 6.92 Å². The molecule has 14 heavy (non-hydrogen) atoms. The van der Waals surface area contributed by atoms with E-state index in [1.54, 1.807) is 0 Å². The van der Waals surface area contributed by atoms with E-state index in [1.807, 2.05) is 11.8 Å². The number of rotatable bonds is 1. The topological polar surface area (TPSA) is 75.0 Å². The summed E-state index contributed by atoms with van der Waals surface area (Å²) in [5.74, 6) is 0.642. The molecule has 1 unspecified atom stereocenters. The van der Waals surface area contributed by atoms with Crippen LogP contribution in [0.1, 0.15) is 12.1 Å². The van der Waals surface area contributed by atoms with Gasteiger partial charge in [0.15, 0.2) is 0 Å². The van der Waals surface area contributed by atoms with E-state index in [4.69, 9.17) is 5.73 Å². The predicted molar refractivity (Wildman–Crippen MR) is 54.4 cm³/mol. The van der Waals surface area contributed by atoms with Gasteiger partial charge in [-0.2, -0.15) is 0 Å². The van der Waals surface area contributed by atoms with Crippen LogP contribution < -0.4 is 16.2 Å². The predicted octanol–water partition coefficient (Wildman–Crippen LogP) is -0.384. The first-order valence-electron chi connectivity index (χ1n) is 4.73. The molecule has 1 saturated heterocycles. The molecule has 0 amide bonds. The summed E-state index contributed by atoms with van der Waals surface area (Å²) < 4.78 is 0. The molecular weight excluding hydrogens is 180 g/mol. The number of aromatic nitrogens is 2. The molecule has 0 saturated carbocycles. The molecule has 2 rings (SSSR count).